The maximum absolute atomic E-state index is 14.2. The summed E-state index contributed by atoms with van der Waals surface area (Å²) >= 11 is 1.22. The van der Waals surface area contributed by atoms with Gasteiger partial charge in [0, 0.05) is 4.90 Å². The predicted octanol–water partition coefficient (Wildman–Crippen LogP) is -3.56. The Morgan fingerprint density at radius 1 is 0.822 bits per heavy atom. The average Bonchev–Trinajstić information content (AvgIpc) is 3.43. The molecule has 0 radical (unpaired) electrons. The molecule has 1 aliphatic heterocycles. The topological polar surface area (TPSA) is 94.1 Å². The van der Waals surface area contributed by atoms with Gasteiger partial charge in [-0.15, -0.1) is 10.3 Å². The molecule has 4 rings (SSSR count). The normalized spacial score (nSPS) is 14.7. The van der Waals surface area contributed by atoms with Crippen molar-refractivity contribution < 1.29 is 28.9 Å². The van der Waals surface area contributed by atoms with Crippen molar-refractivity contribution in [3.63, 3.8) is 0 Å². The minimum atomic E-state index is -1.53. The molecule has 1 atom stereocenters. The summed E-state index contributed by atoms with van der Waals surface area (Å²) in [6, 6.07) is 18.3. The van der Waals surface area contributed by atoms with Crippen LogP contribution in [0.15, 0.2) is 65.6 Å². The molecular weight excluding hydrogens is 576 g/mol. The molecule has 1 unspecified atom stereocenters. The third-order valence-electron chi connectivity index (χ3n) is 9.99. The number of aromatic carboxylic acids is 1. The number of amides is 1. The fourth-order valence-corrected chi connectivity index (χ4v) is 6.07. The van der Waals surface area contributed by atoms with Gasteiger partial charge < -0.3 is 19.3 Å². The number of carbonyl (C=O) groups excluding carboxylic acids is 1. The van der Waals surface area contributed by atoms with E-state index in [0.29, 0.717) is 28.4 Å². The van der Waals surface area contributed by atoms with Crippen molar-refractivity contribution in [3.8, 4) is 17.2 Å². The highest BCUT2D eigenvalue weighted by Gasteiger charge is 2.47. The molecular formula is C28H38B9NO6S. The van der Waals surface area contributed by atoms with Crippen LogP contribution in [0, 0.1) is 0 Å². The largest absolute Gasteiger partial charge is 0.482 e. The Labute approximate surface area is 279 Å². The van der Waals surface area contributed by atoms with Crippen molar-refractivity contribution in [2.75, 3.05) is 6.79 Å². The van der Waals surface area contributed by atoms with Crippen molar-refractivity contribution in [2.45, 2.75) is 45.1 Å². The molecule has 0 spiro atoms. The zero-order valence-corrected chi connectivity index (χ0v) is 29.2. The van der Waals surface area contributed by atoms with Gasteiger partial charge in [0.2, 0.25) is 6.79 Å². The van der Waals surface area contributed by atoms with E-state index in [2.05, 4.69) is 93.5 Å². The zero-order chi connectivity index (χ0) is 33.6. The number of rotatable bonds is 11. The van der Waals surface area contributed by atoms with Crippen LogP contribution in [-0.2, 0) is 20.8 Å². The smallest absolute Gasteiger partial charge is 0.335 e. The molecule has 0 fully saturated rings. The number of benzene rings is 3. The number of fused-ring (bicyclic) bond motifs is 1. The van der Waals surface area contributed by atoms with E-state index in [0.717, 1.165) is 4.90 Å². The van der Waals surface area contributed by atoms with Crippen LogP contribution < -0.4 is 18.9 Å². The quantitative estimate of drug-likeness (QED) is 0.171. The molecule has 1 heterocycles. The van der Waals surface area contributed by atoms with Gasteiger partial charge in [0.1, 0.15) is 29.3 Å². The lowest BCUT2D eigenvalue weighted by molar-refractivity contribution is -0.129. The van der Waals surface area contributed by atoms with Crippen LogP contribution in [0.2, 0.25) is 10.3 Å². The number of carbonyl (C=O) groups is 2. The van der Waals surface area contributed by atoms with Gasteiger partial charge in [0.05, 0.1) is 44.8 Å². The number of carboxylic acids is 1. The molecule has 45 heavy (non-hydrogen) atoms. The zero-order valence-electron chi connectivity index (χ0n) is 28.4. The second-order valence-corrected chi connectivity index (χ2v) is 15.9. The van der Waals surface area contributed by atoms with Crippen LogP contribution in [0.25, 0.3) is 0 Å². The van der Waals surface area contributed by atoms with E-state index < -0.39 is 16.7 Å². The molecule has 0 aliphatic carbocycles. The molecule has 0 saturated carbocycles. The molecule has 0 saturated heterocycles. The third-order valence-corrected chi connectivity index (χ3v) is 10.8. The number of ether oxygens (including phenoxy) is 3. The molecule has 224 valence electrons. The van der Waals surface area contributed by atoms with Gasteiger partial charge in [-0.05, 0) is 70.9 Å². The fourth-order valence-electron chi connectivity index (χ4n) is 5.39. The van der Waals surface area contributed by atoms with Gasteiger partial charge in [0.15, 0.2) is 24.8 Å². The van der Waals surface area contributed by atoms with E-state index in [9.17, 15) is 14.7 Å². The lowest BCUT2D eigenvalue weighted by atomic mass is 9.13. The standard InChI is InChI=1S/C28H38B9NO6S/c1-24(2,29)15-4-7-17(8-5-15)45-38-23(41)25(30,16-6-10-20-21(12-16)43-13-42-20)44-19-9-3-14(22(39)40)11-18(19)26(31,32)27(33,34)28(35,36)37/h3-12H,13,29-37H2,1-2H3,(H,38,41)(H,39,40). The van der Waals surface area contributed by atoms with Crippen molar-refractivity contribution in [3.05, 3.63) is 82.9 Å². The highest BCUT2D eigenvalue weighted by atomic mass is 32.2. The van der Waals surface area contributed by atoms with E-state index in [-0.39, 0.29) is 33.9 Å². The van der Waals surface area contributed by atoms with E-state index in [1.54, 1.807) is 38.2 Å². The molecule has 17 heteroatoms. The first-order valence-corrected chi connectivity index (χ1v) is 16.0. The minimum absolute atomic E-state index is 0.0153. The Balaban J connectivity index is 1.79. The summed E-state index contributed by atoms with van der Waals surface area (Å²) in [5.41, 5.74) is 1.09. The highest BCUT2D eigenvalue weighted by Crippen LogP contribution is 2.53. The first-order chi connectivity index (χ1) is 20.7. The van der Waals surface area contributed by atoms with Gasteiger partial charge in [-0.3, -0.25) is 9.52 Å². The molecule has 2 N–H and O–H groups in total. The summed E-state index contributed by atoms with van der Waals surface area (Å²) in [7, 11) is 18.9. The van der Waals surface area contributed by atoms with Gasteiger partial charge in [-0.2, -0.15) is 0 Å². The average molecular weight is 614 g/mol. The van der Waals surface area contributed by atoms with Crippen molar-refractivity contribution in [1.82, 2.24) is 4.72 Å². The van der Waals surface area contributed by atoms with Crippen LogP contribution in [0.1, 0.15) is 40.9 Å². The van der Waals surface area contributed by atoms with Crippen LogP contribution in [-0.4, -0.2) is 94.4 Å². The summed E-state index contributed by atoms with van der Waals surface area (Å²) in [6.07, 6.45) is 0. The Hall–Kier alpha value is -3.07. The summed E-state index contributed by atoms with van der Waals surface area (Å²) in [5, 5.41) is 8.90. The van der Waals surface area contributed by atoms with E-state index in [1.165, 1.54) is 23.6 Å². The monoisotopic (exact) mass is 615 g/mol. The highest BCUT2D eigenvalue weighted by molar-refractivity contribution is 7.98. The lowest BCUT2D eigenvalue weighted by Crippen LogP contribution is -2.52. The van der Waals surface area contributed by atoms with E-state index >= 15 is 0 Å². The number of nitrogens with one attached hydrogen (secondary N) is 1. The maximum Gasteiger partial charge on any atom is 0.335 e. The third kappa shape index (κ3) is 6.89. The first kappa shape index (κ1) is 34.8. The van der Waals surface area contributed by atoms with Gasteiger partial charge in [0.25, 0.3) is 5.91 Å². The molecule has 1 aliphatic rings. The number of hydrogen-bond donors (Lipinski definition) is 2. The molecule has 0 aromatic heterocycles. The van der Waals surface area contributed by atoms with Crippen LogP contribution >= 0.6 is 11.9 Å². The van der Waals surface area contributed by atoms with Crippen molar-refractivity contribution in [1.29, 1.82) is 0 Å². The van der Waals surface area contributed by atoms with Gasteiger partial charge >= 0.3 is 5.97 Å². The predicted molar refractivity (Wildman–Crippen MR) is 206 cm³/mol. The van der Waals surface area contributed by atoms with Gasteiger partial charge in [-0.25, -0.2) is 4.79 Å². The lowest BCUT2D eigenvalue weighted by Gasteiger charge is -2.53. The molecule has 0 bridgehead atoms. The van der Waals surface area contributed by atoms with Crippen molar-refractivity contribution in [2.24, 2.45) is 0 Å². The Morgan fingerprint density at radius 2 is 1.42 bits per heavy atom. The maximum atomic E-state index is 14.2. The summed E-state index contributed by atoms with van der Waals surface area (Å²) in [5.74, 6) is 0.132. The second kappa shape index (κ2) is 12.3. The van der Waals surface area contributed by atoms with E-state index in [4.69, 9.17) is 14.2 Å². The Morgan fingerprint density at radius 3 is 2.00 bits per heavy atom. The van der Waals surface area contributed by atoms with E-state index in [1.807, 2.05) is 12.1 Å². The second-order valence-electron chi connectivity index (χ2n) is 15.0. The Kier molecular flexibility index (Phi) is 9.49. The number of carboxylic acid groups (broad SMARTS) is 1. The molecule has 7 nitrogen and oxygen atoms in total. The van der Waals surface area contributed by atoms with Gasteiger partial charge in [-0.1, -0.05) is 42.8 Å². The summed E-state index contributed by atoms with van der Waals surface area (Å²) in [6.45, 7) is 4.41. The summed E-state index contributed by atoms with van der Waals surface area (Å²) in [4.78, 5) is 27.2. The molecule has 1 amide bonds. The van der Waals surface area contributed by atoms with Crippen LogP contribution in [0.5, 0.6) is 17.2 Å². The molecule has 3 aromatic rings. The number of hydrogen-bond acceptors (Lipinski definition) is 6. The SMILES string of the molecule is BC(C)(C)c1ccc(SNC(=O)C(B)(Oc2ccc(C(=O)O)cc2C(B)(B)C(B)(B)C(B)(B)B)c2ccc3c(c2)OCO3)cc1. The minimum Gasteiger partial charge on any atom is -0.482 e. The van der Waals surface area contributed by atoms with Crippen molar-refractivity contribution >= 4 is 94.4 Å². The summed E-state index contributed by atoms with van der Waals surface area (Å²) < 4.78 is 21.0. The van der Waals surface area contributed by atoms with Crippen LogP contribution in [0.3, 0.4) is 0 Å². The molecule has 3 aromatic carbocycles. The fraction of sp³-hybridized carbons (Fsp3) is 0.286. The van der Waals surface area contributed by atoms with Crippen LogP contribution in [0.4, 0.5) is 0 Å². The Bertz CT molecular complexity index is 1610. The first-order valence-electron chi connectivity index (χ1n) is 15.2.